The van der Waals surface area contributed by atoms with E-state index in [9.17, 15) is 24.9 Å². The van der Waals surface area contributed by atoms with E-state index in [1.54, 1.807) is 0 Å². The zero-order valence-corrected chi connectivity index (χ0v) is 29.9. The first-order valence-corrected chi connectivity index (χ1v) is 19.1. The van der Waals surface area contributed by atoms with E-state index < -0.39 is 30.6 Å². The summed E-state index contributed by atoms with van der Waals surface area (Å²) in [7, 11) is 0. The van der Waals surface area contributed by atoms with E-state index in [4.69, 9.17) is 9.47 Å². The van der Waals surface area contributed by atoms with Gasteiger partial charge in [0.05, 0.1) is 6.61 Å². The first kappa shape index (κ1) is 44.3. The van der Waals surface area contributed by atoms with Gasteiger partial charge in [0.2, 0.25) is 0 Å². The Balaban J connectivity index is 3.96. The molecule has 7 heteroatoms. The highest BCUT2D eigenvalue weighted by atomic mass is 16.8. The fourth-order valence-electron chi connectivity index (χ4n) is 5.38. The molecule has 1 unspecified atom stereocenters. The Bertz CT molecular complexity index is 695. The molecule has 0 aromatic carbocycles. The summed E-state index contributed by atoms with van der Waals surface area (Å²) in [6.07, 6.45) is 36.8. The maximum atomic E-state index is 12.3. The standard InChI is InChI=1S/C39H72O7/c1-3-5-7-9-11-13-15-17-19-21-23-25-27-29-31-33-37(42)45-39(44,36(41)35-40)46-38(43)34-32-30-28-26-24-22-20-18-16-14-12-10-8-6-4-2/h17-20,36,40-41,44H,3-16,21-35H2,1-2H3/b19-17+,20-18+. The van der Waals surface area contributed by atoms with Crippen molar-refractivity contribution in [2.75, 3.05) is 6.61 Å². The van der Waals surface area contributed by atoms with E-state index in [1.807, 2.05) is 0 Å². The van der Waals surface area contributed by atoms with Gasteiger partial charge in [-0.25, -0.2) is 0 Å². The summed E-state index contributed by atoms with van der Waals surface area (Å²) in [6, 6.07) is 0. The van der Waals surface area contributed by atoms with Crippen LogP contribution in [0, 0.1) is 0 Å². The van der Waals surface area contributed by atoms with Gasteiger partial charge in [0.25, 0.3) is 0 Å². The quantitative estimate of drug-likeness (QED) is 0.0274. The second-order valence-corrected chi connectivity index (χ2v) is 12.9. The van der Waals surface area contributed by atoms with Crippen LogP contribution in [-0.2, 0) is 19.1 Å². The van der Waals surface area contributed by atoms with Crippen LogP contribution in [0.3, 0.4) is 0 Å². The highest BCUT2D eigenvalue weighted by Crippen LogP contribution is 2.20. The van der Waals surface area contributed by atoms with Gasteiger partial charge in [-0.05, 0) is 64.2 Å². The number of unbranched alkanes of at least 4 members (excludes halogenated alkanes) is 22. The van der Waals surface area contributed by atoms with E-state index in [1.165, 1.54) is 89.9 Å². The molecule has 0 rings (SSSR count). The van der Waals surface area contributed by atoms with E-state index in [2.05, 4.69) is 38.2 Å². The Morgan fingerprint density at radius 2 is 0.804 bits per heavy atom. The second kappa shape index (κ2) is 33.2. The van der Waals surface area contributed by atoms with Crippen molar-refractivity contribution in [2.24, 2.45) is 0 Å². The van der Waals surface area contributed by atoms with Crippen LogP contribution in [-0.4, -0.2) is 45.9 Å². The molecule has 0 heterocycles. The third-order valence-corrected chi connectivity index (χ3v) is 8.40. The predicted molar refractivity (Wildman–Crippen MR) is 189 cm³/mol. The molecule has 0 fully saturated rings. The lowest BCUT2D eigenvalue weighted by molar-refractivity contribution is -0.364. The molecular formula is C39H72O7. The van der Waals surface area contributed by atoms with Crippen molar-refractivity contribution < 1.29 is 34.4 Å². The van der Waals surface area contributed by atoms with Crippen LogP contribution in [0.5, 0.6) is 0 Å². The summed E-state index contributed by atoms with van der Waals surface area (Å²) < 4.78 is 9.91. The lowest BCUT2D eigenvalue weighted by atomic mass is 10.1. The average Bonchev–Trinajstić information content (AvgIpc) is 3.04. The number of rotatable bonds is 34. The third kappa shape index (κ3) is 28.5. The molecule has 3 N–H and O–H groups in total. The Morgan fingerprint density at radius 1 is 0.522 bits per heavy atom. The molecule has 1 atom stereocenters. The molecule has 0 saturated carbocycles. The number of aliphatic hydroxyl groups excluding tert-OH is 2. The fourth-order valence-corrected chi connectivity index (χ4v) is 5.38. The molecule has 46 heavy (non-hydrogen) atoms. The summed E-state index contributed by atoms with van der Waals surface area (Å²) in [5.41, 5.74) is 0. The van der Waals surface area contributed by atoms with Gasteiger partial charge in [-0.15, -0.1) is 0 Å². The number of carbonyl (C=O) groups is 2. The molecule has 0 aromatic heterocycles. The average molecular weight is 653 g/mol. The second-order valence-electron chi connectivity index (χ2n) is 12.9. The van der Waals surface area contributed by atoms with E-state index in [0.29, 0.717) is 12.8 Å². The van der Waals surface area contributed by atoms with Crippen molar-refractivity contribution in [3.63, 3.8) is 0 Å². The number of hydrogen-bond donors (Lipinski definition) is 3. The first-order chi connectivity index (χ1) is 22.4. The summed E-state index contributed by atoms with van der Waals surface area (Å²) in [5, 5.41) is 29.9. The smallest absolute Gasteiger partial charge is 0.396 e. The Labute approximate surface area is 282 Å². The van der Waals surface area contributed by atoms with Crippen LogP contribution >= 0.6 is 0 Å². The number of esters is 2. The van der Waals surface area contributed by atoms with Crippen molar-refractivity contribution in [3.8, 4) is 0 Å². The van der Waals surface area contributed by atoms with Crippen molar-refractivity contribution in [3.05, 3.63) is 24.3 Å². The molecule has 0 bridgehead atoms. The molecule has 0 spiro atoms. The van der Waals surface area contributed by atoms with Crippen molar-refractivity contribution in [1.29, 1.82) is 0 Å². The van der Waals surface area contributed by atoms with Crippen LogP contribution < -0.4 is 0 Å². The summed E-state index contributed by atoms with van der Waals surface area (Å²) in [5.74, 6) is -4.44. The minimum absolute atomic E-state index is 0.0321. The van der Waals surface area contributed by atoms with Gasteiger partial charge in [0, 0.05) is 12.8 Å². The molecule has 0 aliphatic heterocycles. The van der Waals surface area contributed by atoms with Gasteiger partial charge >= 0.3 is 17.9 Å². The summed E-state index contributed by atoms with van der Waals surface area (Å²) in [4.78, 5) is 24.6. The van der Waals surface area contributed by atoms with Gasteiger partial charge in [0.15, 0.2) is 6.10 Å². The maximum Gasteiger partial charge on any atom is 0.403 e. The number of aliphatic hydroxyl groups is 3. The molecule has 0 aromatic rings. The van der Waals surface area contributed by atoms with Crippen LogP contribution in [0.2, 0.25) is 0 Å². The molecule has 7 nitrogen and oxygen atoms in total. The van der Waals surface area contributed by atoms with Crippen molar-refractivity contribution in [1.82, 2.24) is 0 Å². The van der Waals surface area contributed by atoms with E-state index in [-0.39, 0.29) is 12.8 Å². The maximum absolute atomic E-state index is 12.3. The van der Waals surface area contributed by atoms with E-state index in [0.717, 1.165) is 64.2 Å². The molecule has 0 aliphatic carbocycles. The number of ether oxygens (including phenoxy) is 2. The Morgan fingerprint density at radius 3 is 1.11 bits per heavy atom. The predicted octanol–water partition coefficient (Wildman–Crippen LogP) is 10.1. The topological polar surface area (TPSA) is 113 Å². The molecule has 0 amide bonds. The Kier molecular flexibility index (Phi) is 32.0. The van der Waals surface area contributed by atoms with Gasteiger partial charge in [-0.3, -0.25) is 9.59 Å². The van der Waals surface area contributed by atoms with Gasteiger partial charge in [-0.1, -0.05) is 141 Å². The zero-order chi connectivity index (χ0) is 34.0. The van der Waals surface area contributed by atoms with E-state index >= 15 is 0 Å². The minimum Gasteiger partial charge on any atom is -0.396 e. The molecular weight excluding hydrogens is 580 g/mol. The molecule has 270 valence electrons. The normalized spacial score (nSPS) is 12.7. The largest absolute Gasteiger partial charge is 0.403 e. The number of carbonyl (C=O) groups excluding carboxylic acids is 2. The lowest BCUT2D eigenvalue weighted by Crippen LogP contribution is -2.51. The molecule has 0 aliphatic rings. The fraction of sp³-hybridized carbons (Fsp3) is 0.846. The van der Waals surface area contributed by atoms with Gasteiger partial charge in [-0.2, -0.15) is 0 Å². The van der Waals surface area contributed by atoms with Crippen LogP contribution in [0.1, 0.15) is 194 Å². The van der Waals surface area contributed by atoms with Crippen molar-refractivity contribution in [2.45, 2.75) is 206 Å². The third-order valence-electron chi connectivity index (χ3n) is 8.40. The number of hydrogen-bond acceptors (Lipinski definition) is 7. The summed E-state index contributed by atoms with van der Waals surface area (Å²) in [6.45, 7) is 3.56. The monoisotopic (exact) mass is 653 g/mol. The van der Waals surface area contributed by atoms with Crippen LogP contribution in [0.15, 0.2) is 24.3 Å². The SMILES string of the molecule is CCCCCCCC/C=C/CCCCCCCC(=O)OC(O)(OC(=O)CCCCCCC/C=C/CCCCCCCC)C(O)CO. The molecule has 0 radical (unpaired) electrons. The van der Waals surface area contributed by atoms with Gasteiger partial charge < -0.3 is 24.8 Å². The highest BCUT2D eigenvalue weighted by molar-refractivity contribution is 5.71. The molecule has 0 saturated heterocycles. The van der Waals surface area contributed by atoms with Gasteiger partial charge in [0.1, 0.15) is 0 Å². The highest BCUT2D eigenvalue weighted by Gasteiger charge is 2.44. The Hall–Kier alpha value is -1.70. The van der Waals surface area contributed by atoms with Crippen molar-refractivity contribution >= 4 is 11.9 Å². The van der Waals surface area contributed by atoms with Crippen LogP contribution in [0.25, 0.3) is 0 Å². The minimum atomic E-state index is -2.88. The lowest BCUT2D eigenvalue weighted by Gasteiger charge is -2.30. The van der Waals surface area contributed by atoms with Crippen LogP contribution in [0.4, 0.5) is 0 Å². The zero-order valence-electron chi connectivity index (χ0n) is 29.9. The summed E-state index contributed by atoms with van der Waals surface area (Å²) >= 11 is 0. The first-order valence-electron chi connectivity index (χ1n) is 19.1. The number of allylic oxidation sites excluding steroid dienone is 4.